The average Bonchev–Trinajstić information content (AvgIpc) is 2.20. The van der Waals surface area contributed by atoms with Gasteiger partial charge in [-0.05, 0) is 24.5 Å². The SMILES string of the molecule is CC(C)C[C@H](N)c1c(C#N)ccc(F)c1O.Cl. The molecule has 3 N–H and O–H groups in total. The molecule has 0 heterocycles. The van der Waals surface area contributed by atoms with Gasteiger partial charge in [0.2, 0.25) is 0 Å². The molecule has 0 aliphatic rings. The summed E-state index contributed by atoms with van der Waals surface area (Å²) in [5.74, 6) is -0.940. The fourth-order valence-electron chi connectivity index (χ4n) is 1.68. The summed E-state index contributed by atoms with van der Waals surface area (Å²) in [4.78, 5) is 0. The lowest BCUT2D eigenvalue weighted by atomic mass is 9.93. The summed E-state index contributed by atoms with van der Waals surface area (Å²) in [7, 11) is 0. The molecule has 0 fully saturated rings. The molecule has 0 saturated heterocycles. The fourth-order valence-corrected chi connectivity index (χ4v) is 1.68. The van der Waals surface area contributed by atoms with Crippen molar-refractivity contribution in [1.29, 1.82) is 5.26 Å². The van der Waals surface area contributed by atoms with E-state index in [4.69, 9.17) is 11.0 Å². The molecular formula is C12H16ClFN2O. The molecule has 5 heteroatoms. The number of halogens is 2. The number of benzene rings is 1. The van der Waals surface area contributed by atoms with Crippen LogP contribution in [0.4, 0.5) is 4.39 Å². The van der Waals surface area contributed by atoms with E-state index in [1.54, 1.807) is 0 Å². The highest BCUT2D eigenvalue weighted by Gasteiger charge is 2.19. The number of nitriles is 1. The first-order chi connectivity index (χ1) is 7.47. The number of nitrogens with two attached hydrogens (primary N) is 1. The maximum absolute atomic E-state index is 13.2. The Balaban J connectivity index is 0.00000256. The number of hydrogen-bond acceptors (Lipinski definition) is 3. The van der Waals surface area contributed by atoms with Gasteiger partial charge in [0.05, 0.1) is 11.6 Å². The third-order valence-corrected chi connectivity index (χ3v) is 2.38. The second-order valence-electron chi connectivity index (χ2n) is 4.21. The van der Waals surface area contributed by atoms with E-state index >= 15 is 0 Å². The Morgan fingerprint density at radius 3 is 2.53 bits per heavy atom. The van der Waals surface area contributed by atoms with Crippen LogP contribution in [0.25, 0.3) is 0 Å². The van der Waals surface area contributed by atoms with E-state index < -0.39 is 17.6 Å². The number of rotatable bonds is 3. The maximum Gasteiger partial charge on any atom is 0.165 e. The Kier molecular flexibility index (Phi) is 5.94. The molecule has 1 aromatic carbocycles. The Hall–Kier alpha value is -1.31. The van der Waals surface area contributed by atoms with Gasteiger partial charge in [0.15, 0.2) is 11.6 Å². The van der Waals surface area contributed by atoms with Crippen molar-refractivity contribution in [2.24, 2.45) is 11.7 Å². The van der Waals surface area contributed by atoms with E-state index in [9.17, 15) is 9.50 Å². The number of nitrogens with zero attached hydrogens (tertiary/aromatic N) is 1. The minimum absolute atomic E-state index is 0. The van der Waals surface area contributed by atoms with Crippen LogP contribution in [0, 0.1) is 23.1 Å². The van der Waals surface area contributed by atoms with Gasteiger partial charge in [-0.3, -0.25) is 0 Å². The topological polar surface area (TPSA) is 70.0 Å². The van der Waals surface area contributed by atoms with Crippen LogP contribution in [-0.4, -0.2) is 5.11 Å². The molecule has 0 bridgehead atoms. The minimum Gasteiger partial charge on any atom is -0.505 e. The summed E-state index contributed by atoms with van der Waals surface area (Å²) < 4.78 is 13.2. The normalized spacial score (nSPS) is 11.8. The first-order valence-electron chi connectivity index (χ1n) is 5.14. The summed E-state index contributed by atoms with van der Waals surface area (Å²) in [5.41, 5.74) is 6.30. The predicted octanol–water partition coefficient (Wildman–Crippen LogP) is 2.87. The average molecular weight is 259 g/mol. The van der Waals surface area contributed by atoms with Crippen molar-refractivity contribution >= 4 is 12.4 Å². The second kappa shape index (κ2) is 6.43. The molecule has 0 amide bonds. The number of phenolic OH excluding ortho intramolecular Hbond substituents is 1. The second-order valence-corrected chi connectivity index (χ2v) is 4.21. The van der Waals surface area contributed by atoms with Gasteiger partial charge in [-0.2, -0.15) is 5.26 Å². The summed E-state index contributed by atoms with van der Waals surface area (Å²) in [6.45, 7) is 3.95. The zero-order chi connectivity index (χ0) is 12.3. The largest absolute Gasteiger partial charge is 0.505 e. The Morgan fingerprint density at radius 2 is 2.06 bits per heavy atom. The molecular weight excluding hydrogens is 243 g/mol. The van der Waals surface area contributed by atoms with Crippen LogP contribution in [0.1, 0.15) is 37.4 Å². The molecule has 0 aliphatic carbocycles. The van der Waals surface area contributed by atoms with E-state index in [1.165, 1.54) is 6.07 Å². The van der Waals surface area contributed by atoms with Crippen molar-refractivity contribution in [1.82, 2.24) is 0 Å². The van der Waals surface area contributed by atoms with Crippen LogP contribution in [-0.2, 0) is 0 Å². The molecule has 0 unspecified atom stereocenters. The van der Waals surface area contributed by atoms with Gasteiger partial charge in [-0.15, -0.1) is 12.4 Å². The predicted molar refractivity (Wildman–Crippen MR) is 66.4 cm³/mol. The lowest BCUT2D eigenvalue weighted by molar-refractivity contribution is 0.411. The third-order valence-electron chi connectivity index (χ3n) is 2.38. The molecule has 0 aliphatic heterocycles. The van der Waals surface area contributed by atoms with Gasteiger partial charge in [0, 0.05) is 11.6 Å². The Labute approximate surface area is 106 Å². The van der Waals surface area contributed by atoms with E-state index in [-0.39, 0.29) is 23.5 Å². The van der Waals surface area contributed by atoms with Crippen LogP contribution >= 0.6 is 12.4 Å². The Bertz CT molecular complexity index is 429. The lowest BCUT2D eigenvalue weighted by Crippen LogP contribution is -2.15. The zero-order valence-electron chi connectivity index (χ0n) is 9.77. The highest BCUT2D eigenvalue weighted by molar-refractivity contribution is 5.85. The van der Waals surface area contributed by atoms with Crippen molar-refractivity contribution in [3.63, 3.8) is 0 Å². The molecule has 94 valence electrons. The molecule has 1 atom stereocenters. The minimum atomic E-state index is -0.742. The first-order valence-corrected chi connectivity index (χ1v) is 5.14. The van der Waals surface area contributed by atoms with Crippen LogP contribution in [0.2, 0.25) is 0 Å². The van der Waals surface area contributed by atoms with E-state index in [2.05, 4.69) is 0 Å². The maximum atomic E-state index is 13.2. The zero-order valence-corrected chi connectivity index (χ0v) is 10.6. The van der Waals surface area contributed by atoms with Crippen molar-refractivity contribution in [3.05, 3.63) is 29.1 Å². The Morgan fingerprint density at radius 1 is 1.47 bits per heavy atom. The summed E-state index contributed by atoms with van der Waals surface area (Å²) in [6, 6.07) is 3.80. The highest BCUT2D eigenvalue weighted by Crippen LogP contribution is 2.32. The molecule has 1 aromatic rings. The van der Waals surface area contributed by atoms with Gasteiger partial charge in [-0.1, -0.05) is 13.8 Å². The molecule has 3 nitrogen and oxygen atoms in total. The van der Waals surface area contributed by atoms with Gasteiger partial charge in [-0.25, -0.2) is 4.39 Å². The molecule has 0 saturated carbocycles. The van der Waals surface area contributed by atoms with Crippen molar-refractivity contribution < 1.29 is 9.50 Å². The van der Waals surface area contributed by atoms with E-state index in [1.807, 2.05) is 19.9 Å². The van der Waals surface area contributed by atoms with Crippen LogP contribution in [0.15, 0.2) is 12.1 Å². The van der Waals surface area contributed by atoms with Crippen molar-refractivity contribution in [2.45, 2.75) is 26.3 Å². The highest BCUT2D eigenvalue weighted by atomic mass is 35.5. The number of aromatic hydroxyl groups is 1. The monoisotopic (exact) mass is 258 g/mol. The third kappa shape index (κ3) is 3.58. The van der Waals surface area contributed by atoms with E-state index in [0.717, 1.165) is 6.07 Å². The van der Waals surface area contributed by atoms with Crippen LogP contribution in [0.5, 0.6) is 5.75 Å². The van der Waals surface area contributed by atoms with Gasteiger partial charge in [0.25, 0.3) is 0 Å². The van der Waals surface area contributed by atoms with Crippen molar-refractivity contribution in [2.75, 3.05) is 0 Å². The molecule has 0 spiro atoms. The summed E-state index contributed by atoms with van der Waals surface area (Å²) >= 11 is 0. The van der Waals surface area contributed by atoms with E-state index in [0.29, 0.717) is 12.3 Å². The fraction of sp³-hybridized carbons (Fsp3) is 0.417. The summed E-state index contributed by atoms with van der Waals surface area (Å²) in [5, 5.41) is 18.5. The first kappa shape index (κ1) is 15.7. The van der Waals surface area contributed by atoms with Crippen LogP contribution < -0.4 is 5.73 Å². The molecule has 0 aromatic heterocycles. The van der Waals surface area contributed by atoms with Crippen LogP contribution in [0.3, 0.4) is 0 Å². The van der Waals surface area contributed by atoms with Gasteiger partial charge in [0.1, 0.15) is 0 Å². The van der Waals surface area contributed by atoms with Crippen molar-refractivity contribution in [3.8, 4) is 11.8 Å². The molecule has 1 rings (SSSR count). The standard InChI is InChI=1S/C12H15FN2O.ClH/c1-7(2)5-10(15)11-8(6-14)3-4-9(13)12(11)16;/h3-4,7,10,16H,5,15H2,1-2H3;1H/t10-;/m0./s1. The smallest absolute Gasteiger partial charge is 0.165 e. The molecule has 0 radical (unpaired) electrons. The molecule has 17 heavy (non-hydrogen) atoms. The van der Waals surface area contributed by atoms with Gasteiger partial charge >= 0.3 is 0 Å². The van der Waals surface area contributed by atoms with Gasteiger partial charge < -0.3 is 10.8 Å². The number of hydrogen-bond donors (Lipinski definition) is 2. The lowest BCUT2D eigenvalue weighted by Gasteiger charge is -2.17. The summed E-state index contributed by atoms with van der Waals surface area (Å²) in [6.07, 6.45) is 0.589. The number of phenols is 1. The quantitative estimate of drug-likeness (QED) is 0.876.